The topological polar surface area (TPSA) is 53.0 Å². The van der Waals surface area contributed by atoms with Crippen LogP contribution in [0.4, 0.5) is 0 Å². The van der Waals surface area contributed by atoms with Crippen molar-refractivity contribution in [3.8, 4) is 0 Å². The number of likely N-dealkylation sites (N-methyl/N-ethyl adjacent to an activating group) is 1. The fourth-order valence-electron chi connectivity index (χ4n) is 1.97. The Morgan fingerprint density at radius 2 is 2.22 bits per heavy atom. The number of hydrogen-bond acceptors (Lipinski definition) is 4. The second kappa shape index (κ2) is 8.24. The van der Waals surface area contributed by atoms with Crippen LogP contribution in [-0.4, -0.2) is 73.4 Å². The molecule has 0 saturated carbocycles. The van der Waals surface area contributed by atoms with Crippen molar-refractivity contribution in [2.24, 2.45) is 0 Å². The summed E-state index contributed by atoms with van der Waals surface area (Å²) in [6.07, 6.45) is 2.38. The summed E-state index contributed by atoms with van der Waals surface area (Å²) in [7, 11) is 1.73. The van der Waals surface area contributed by atoms with Crippen molar-refractivity contribution in [3.05, 3.63) is 12.7 Å². The van der Waals surface area contributed by atoms with Gasteiger partial charge in [0.05, 0.1) is 19.3 Å². The summed E-state index contributed by atoms with van der Waals surface area (Å²) in [5.74, 6) is 0.0518. The number of amides is 1. The Morgan fingerprint density at radius 1 is 1.56 bits per heavy atom. The highest BCUT2D eigenvalue weighted by Crippen LogP contribution is 2.02. The highest BCUT2D eigenvalue weighted by atomic mass is 16.5. The van der Waals surface area contributed by atoms with Crippen molar-refractivity contribution < 1.29 is 14.6 Å². The monoisotopic (exact) mass is 256 g/mol. The van der Waals surface area contributed by atoms with Crippen molar-refractivity contribution >= 4 is 5.91 Å². The zero-order valence-electron chi connectivity index (χ0n) is 11.2. The van der Waals surface area contributed by atoms with Crippen LogP contribution in [0.2, 0.25) is 0 Å². The Hall–Kier alpha value is -0.910. The molecule has 0 aromatic carbocycles. The van der Waals surface area contributed by atoms with E-state index in [-0.39, 0.29) is 5.91 Å². The highest BCUT2D eigenvalue weighted by molar-refractivity contribution is 5.76. The van der Waals surface area contributed by atoms with E-state index in [1.54, 1.807) is 18.0 Å². The van der Waals surface area contributed by atoms with Gasteiger partial charge in [0.2, 0.25) is 5.91 Å². The normalized spacial score (nSPS) is 18.3. The van der Waals surface area contributed by atoms with Crippen LogP contribution in [-0.2, 0) is 9.53 Å². The number of carbonyl (C=O) groups excluding carboxylic acids is 1. The molecule has 0 aliphatic carbocycles. The molecule has 1 fully saturated rings. The van der Waals surface area contributed by atoms with E-state index in [0.717, 1.165) is 26.3 Å². The van der Waals surface area contributed by atoms with Gasteiger partial charge in [-0.05, 0) is 6.42 Å². The summed E-state index contributed by atoms with van der Waals surface area (Å²) in [6, 6.07) is 0. The van der Waals surface area contributed by atoms with Gasteiger partial charge in [0.15, 0.2) is 0 Å². The molecule has 1 atom stereocenters. The molecule has 1 saturated heterocycles. The third kappa shape index (κ3) is 5.62. The SMILES string of the molecule is C=CCCC(=O)N(C)CC(O)CN1CCOCC1. The zero-order chi connectivity index (χ0) is 13.4. The van der Waals surface area contributed by atoms with Gasteiger partial charge in [0.1, 0.15) is 0 Å². The van der Waals surface area contributed by atoms with E-state index in [4.69, 9.17) is 4.74 Å². The lowest BCUT2D eigenvalue weighted by atomic mass is 10.2. The third-order valence-corrected chi connectivity index (χ3v) is 3.05. The Balaban J connectivity index is 2.23. The molecule has 0 aromatic heterocycles. The summed E-state index contributed by atoms with van der Waals surface area (Å²) >= 11 is 0. The second-order valence-electron chi connectivity index (χ2n) is 4.67. The summed E-state index contributed by atoms with van der Waals surface area (Å²) in [5, 5.41) is 9.95. The first-order valence-electron chi connectivity index (χ1n) is 6.46. The zero-order valence-corrected chi connectivity index (χ0v) is 11.2. The maximum atomic E-state index is 11.7. The molecule has 5 heteroatoms. The summed E-state index contributed by atoms with van der Waals surface area (Å²) in [4.78, 5) is 15.4. The molecule has 1 amide bonds. The van der Waals surface area contributed by atoms with Gasteiger partial charge < -0.3 is 14.7 Å². The standard InChI is InChI=1S/C13H24N2O3/c1-3-4-5-13(17)14(2)10-12(16)11-15-6-8-18-9-7-15/h3,12,16H,1,4-11H2,2H3. The van der Waals surface area contributed by atoms with Crippen molar-refractivity contribution in [1.29, 1.82) is 0 Å². The van der Waals surface area contributed by atoms with Gasteiger partial charge in [-0.25, -0.2) is 0 Å². The van der Waals surface area contributed by atoms with E-state index in [2.05, 4.69) is 11.5 Å². The lowest BCUT2D eigenvalue weighted by molar-refractivity contribution is -0.131. The third-order valence-electron chi connectivity index (χ3n) is 3.05. The van der Waals surface area contributed by atoms with E-state index < -0.39 is 6.10 Å². The van der Waals surface area contributed by atoms with Crippen LogP contribution in [0.15, 0.2) is 12.7 Å². The molecule has 1 N–H and O–H groups in total. The molecule has 1 heterocycles. The number of morpholine rings is 1. The first-order chi connectivity index (χ1) is 8.63. The van der Waals surface area contributed by atoms with Crippen molar-refractivity contribution in [3.63, 3.8) is 0 Å². The van der Waals surface area contributed by atoms with Crippen LogP contribution < -0.4 is 0 Å². The van der Waals surface area contributed by atoms with Gasteiger partial charge in [-0.3, -0.25) is 9.69 Å². The molecule has 0 bridgehead atoms. The van der Waals surface area contributed by atoms with Crippen LogP contribution in [0.5, 0.6) is 0 Å². The molecule has 0 spiro atoms. The molecular weight excluding hydrogens is 232 g/mol. The number of β-amino-alcohol motifs (C(OH)–C–C–N with tert-alkyl or cyclic N) is 1. The maximum Gasteiger partial charge on any atom is 0.222 e. The Kier molecular flexibility index (Phi) is 6.93. The molecular formula is C13H24N2O3. The fraction of sp³-hybridized carbons (Fsp3) is 0.769. The summed E-state index contributed by atoms with van der Waals surface area (Å²) in [6.45, 7) is 7.72. The number of ether oxygens (including phenoxy) is 1. The number of aliphatic hydroxyl groups is 1. The molecule has 18 heavy (non-hydrogen) atoms. The lowest BCUT2D eigenvalue weighted by Crippen LogP contribution is -2.45. The molecule has 0 aromatic rings. The minimum atomic E-state index is -0.499. The van der Waals surface area contributed by atoms with Crippen LogP contribution in [0.1, 0.15) is 12.8 Å². The average Bonchev–Trinajstić information content (AvgIpc) is 2.36. The van der Waals surface area contributed by atoms with E-state index in [0.29, 0.717) is 25.9 Å². The van der Waals surface area contributed by atoms with Crippen LogP contribution in [0, 0.1) is 0 Å². The number of allylic oxidation sites excluding steroid dienone is 1. The van der Waals surface area contributed by atoms with Crippen LogP contribution in [0.3, 0.4) is 0 Å². The van der Waals surface area contributed by atoms with Gasteiger partial charge in [-0.1, -0.05) is 6.08 Å². The van der Waals surface area contributed by atoms with Crippen molar-refractivity contribution in [2.45, 2.75) is 18.9 Å². The molecule has 1 aliphatic heterocycles. The second-order valence-corrected chi connectivity index (χ2v) is 4.67. The largest absolute Gasteiger partial charge is 0.390 e. The predicted octanol–water partition coefficient (Wildman–Crippen LogP) is 0.104. The molecule has 5 nitrogen and oxygen atoms in total. The Bertz CT molecular complexity index is 265. The van der Waals surface area contributed by atoms with E-state index in [1.165, 1.54) is 0 Å². The fourth-order valence-corrected chi connectivity index (χ4v) is 1.97. The maximum absolute atomic E-state index is 11.7. The lowest BCUT2D eigenvalue weighted by Gasteiger charge is -2.30. The average molecular weight is 256 g/mol. The van der Waals surface area contributed by atoms with Crippen LogP contribution in [0.25, 0.3) is 0 Å². The summed E-state index contributed by atoms with van der Waals surface area (Å²) < 4.78 is 5.25. The van der Waals surface area contributed by atoms with Gasteiger partial charge in [0.25, 0.3) is 0 Å². The highest BCUT2D eigenvalue weighted by Gasteiger charge is 2.17. The predicted molar refractivity (Wildman–Crippen MR) is 70.3 cm³/mol. The van der Waals surface area contributed by atoms with E-state index in [9.17, 15) is 9.90 Å². The number of carbonyl (C=O) groups is 1. The van der Waals surface area contributed by atoms with Crippen LogP contribution >= 0.6 is 0 Å². The smallest absolute Gasteiger partial charge is 0.222 e. The molecule has 1 rings (SSSR count). The van der Waals surface area contributed by atoms with Gasteiger partial charge in [-0.2, -0.15) is 0 Å². The van der Waals surface area contributed by atoms with Gasteiger partial charge >= 0.3 is 0 Å². The van der Waals surface area contributed by atoms with E-state index >= 15 is 0 Å². The Labute approximate surface area is 109 Å². The molecule has 1 aliphatic rings. The number of rotatable bonds is 7. The minimum Gasteiger partial charge on any atom is -0.390 e. The number of aliphatic hydroxyl groups excluding tert-OH is 1. The first-order valence-corrected chi connectivity index (χ1v) is 6.46. The van der Waals surface area contributed by atoms with Crippen molar-refractivity contribution in [1.82, 2.24) is 9.80 Å². The summed E-state index contributed by atoms with van der Waals surface area (Å²) in [5.41, 5.74) is 0. The molecule has 0 radical (unpaired) electrons. The number of nitrogens with zero attached hydrogens (tertiary/aromatic N) is 2. The molecule has 1 unspecified atom stereocenters. The van der Waals surface area contributed by atoms with Gasteiger partial charge in [-0.15, -0.1) is 6.58 Å². The van der Waals surface area contributed by atoms with Crippen molar-refractivity contribution in [2.75, 3.05) is 46.4 Å². The number of hydrogen-bond donors (Lipinski definition) is 1. The Morgan fingerprint density at radius 3 is 2.83 bits per heavy atom. The van der Waals surface area contributed by atoms with E-state index in [1.807, 2.05) is 0 Å². The first kappa shape index (κ1) is 15.1. The van der Waals surface area contributed by atoms with Gasteiger partial charge in [0, 0.05) is 39.6 Å². The molecule has 104 valence electrons. The quantitative estimate of drug-likeness (QED) is 0.657. The minimum absolute atomic E-state index is 0.0518.